The van der Waals surface area contributed by atoms with Crippen LogP contribution in [0.25, 0.3) is 0 Å². The van der Waals surface area contributed by atoms with Crippen molar-refractivity contribution < 1.29 is 13.9 Å². The predicted octanol–water partition coefficient (Wildman–Crippen LogP) is 2.37. The Balaban J connectivity index is 2.00. The number of nitrogens with one attached hydrogen (secondary N) is 1. The summed E-state index contributed by atoms with van der Waals surface area (Å²) in [6.07, 6.45) is 2.27. The van der Waals surface area contributed by atoms with Gasteiger partial charge in [0, 0.05) is 12.2 Å². The van der Waals surface area contributed by atoms with Crippen LogP contribution in [0.4, 0.5) is 10.1 Å². The molecule has 1 N–H and O–H groups in total. The molecule has 5 heteroatoms. The Kier molecular flexibility index (Phi) is 4.95. The maximum Gasteiger partial charge on any atom is 0.340 e. The monoisotopic (exact) mass is 280 g/mol. The van der Waals surface area contributed by atoms with Crippen molar-refractivity contribution in [2.75, 3.05) is 39.1 Å². The number of piperidine rings is 1. The molecular formula is C15H21FN2O2. The highest BCUT2D eigenvalue weighted by Gasteiger charge is 2.18. The van der Waals surface area contributed by atoms with Crippen LogP contribution in [0.3, 0.4) is 0 Å². The Morgan fingerprint density at radius 2 is 2.15 bits per heavy atom. The van der Waals surface area contributed by atoms with Crippen molar-refractivity contribution in [1.29, 1.82) is 0 Å². The summed E-state index contributed by atoms with van der Waals surface area (Å²) in [5, 5.41) is 3.25. The number of carbonyl (C=O) groups excluding carboxylic acids is 1. The Bertz CT molecular complexity index is 471. The maximum absolute atomic E-state index is 13.2. The van der Waals surface area contributed by atoms with Gasteiger partial charge in [-0.15, -0.1) is 0 Å². The number of carbonyl (C=O) groups is 1. The van der Waals surface area contributed by atoms with Crippen LogP contribution in [0.1, 0.15) is 23.2 Å². The van der Waals surface area contributed by atoms with Crippen molar-refractivity contribution in [1.82, 2.24) is 4.90 Å². The fourth-order valence-corrected chi connectivity index (χ4v) is 2.47. The van der Waals surface area contributed by atoms with E-state index in [2.05, 4.69) is 22.0 Å². The van der Waals surface area contributed by atoms with E-state index in [0.29, 0.717) is 11.6 Å². The Morgan fingerprint density at radius 1 is 1.45 bits per heavy atom. The average molecular weight is 280 g/mol. The van der Waals surface area contributed by atoms with Gasteiger partial charge in [-0.2, -0.15) is 0 Å². The van der Waals surface area contributed by atoms with Crippen LogP contribution in [-0.4, -0.2) is 44.7 Å². The smallest absolute Gasteiger partial charge is 0.340 e. The summed E-state index contributed by atoms with van der Waals surface area (Å²) < 4.78 is 17.9. The van der Waals surface area contributed by atoms with Crippen LogP contribution >= 0.6 is 0 Å². The van der Waals surface area contributed by atoms with Gasteiger partial charge in [0.15, 0.2) is 0 Å². The van der Waals surface area contributed by atoms with Gasteiger partial charge in [-0.1, -0.05) is 0 Å². The average Bonchev–Trinajstić information content (AvgIpc) is 2.46. The molecule has 0 bridgehead atoms. The highest BCUT2D eigenvalue weighted by Crippen LogP contribution is 2.21. The molecule has 1 aliphatic heterocycles. The van der Waals surface area contributed by atoms with Crippen molar-refractivity contribution in [2.24, 2.45) is 5.92 Å². The van der Waals surface area contributed by atoms with E-state index in [1.54, 1.807) is 6.07 Å². The molecule has 0 amide bonds. The van der Waals surface area contributed by atoms with E-state index < -0.39 is 11.8 Å². The second-order valence-electron chi connectivity index (χ2n) is 5.31. The maximum atomic E-state index is 13.2. The molecular weight excluding hydrogens is 259 g/mol. The molecule has 0 aromatic heterocycles. The number of anilines is 1. The van der Waals surface area contributed by atoms with Gasteiger partial charge in [-0.3, -0.25) is 0 Å². The third-order valence-electron chi connectivity index (χ3n) is 3.81. The molecule has 1 saturated heterocycles. The van der Waals surface area contributed by atoms with Gasteiger partial charge in [-0.05, 0) is 57.1 Å². The lowest BCUT2D eigenvalue weighted by atomic mass is 9.97. The molecule has 1 aromatic carbocycles. The Labute approximate surface area is 118 Å². The molecule has 1 fully saturated rings. The van der Waals surface area contributed by atoms with Gasteiger partial charge in [0.1, 0.15) is 5.82 Å². The number of nitrogens with zero attached hydrogens (tertiary/aromatic N) is 1. The molecule has 0 atom stereocenters. The zero-order chi connectivity index (χ0) is 14.5. The SMILES string of the molecule is COC(=O)c1cc(F)ccc1NCC1CCN(C)CC1. The molecule has 1 heterocycles. The van der Waals surface area contributed by atoms with Gasteiger partial charge >= 0.3 is 5.97 Å². The third-order valence-corrected chi connectivity index (χ3v) is 3.81. The van der Waals surface area contributed by atoms with Crippen molar-refractivity contribution >= 4 is 11.7 Å². The fourth-order valence-electron chi connectivity index (χ4n) is 2.47. The summed E-state index contributed by atoms with van der Waals surface area (Å²) in [6, 6.07) is 4.16. The van der Waals surface area contributed by atoms with Crippen molar-refractivity contribution in [3.8, 4) is 0 Å². The van der Waals surface area contributed by atoms with Crippen LogP contribution in [0.15, 0.2) is 18.2 Å². The van der Waals surface area contributed by atoms with E-state index in [1.807, 2.05) is 0 Å². The lowest BCUT2D eigenvalue weighted by Gasteiger charge is -2.29. The molecule has 0 aliphatic carbocycles. The summed E-state index contributed by atoms with van der Waals surface area (Å²) in [5.41, 5.74) is 0.887. The third kappa shape index (κ3) is 3.70. The van der Waals surface area contributed by atoms with Gasteiger partial charge < -0.3 is 15.0 Å². The van der Waals surface area contributed by atoms with Crippen LogP contribution in [0, 0.1) is 11.7 Å². The van der Waals surface area contributed by atoms with Gasteiger partial charge in [0.25, 0.3) is 0 Å². The number of rotatable bonds is 4. The first-order valence-electron chi connectivity index (χ1n) is 6.90. The number of hydrogen-bond donors (Lipinski definition) is 1. The topological polar surface area (TPSA) is 41.6 Å². The first-order valence-corrected chi connectivity index (χ1v) is 6.90. The molecule has 1 aromatic rings. The van der Waals surface area contributed by atoms with Crippen molar-refractivity contribution in [3.63, 3.8) is 0 Å². The Hall–Kier alpha value is -1.62. The first kappa shape index (κ1) is 14.8. The van der Waals surface area contributed by atoms with Crippen LogP contribution in [0.2, 0.25) is 0 Å². The zero-order valence-corrected chi connectivity index (χ0v) is 12.0. The number of halogens is 1. The van der Waals surface area contributed by atoms with Crippen LogP contribution < -0.4 is 5.32 Å². The van der Waals surface area contributed by atoms with E-state index in [9.17, 15) is 9.18 Å². The number of likely N-dealkylation sites (tertiary alicyclic amines) is 1. The highest BCUT2D eigenvalue weighted by molar-refractivity contribution is 5.95. The minimum atomic E-state index is -0.518. The highest BCUT2D eigenvalue weighted by atomic mass is 19.1. The Morgan fingerprint density at radius 3 is 2.80 bits per heavy atom. The summed E-state index contributed by atoms with van der Waals surface area (Å²) >= 11 is 0. The predicted molar refractivity (Wildman–Crippen MR) is 76.5 cm³/mol. The quantitative estimate of drug-likeness (QED) is 0.860. The van der Waals surface area contributed by atoms with E-state index in [0.717, 1.165) is 32.5 Å². The number of ether oxygens (including phenoxy) is 1. The van der Waals surface area contributed by atoms with Crippen LogP contribution in [0.5, 0.6) is 0 Å². The normalized spacial score (nSPS) is 16.9. The second kappa shape index (κ2) is 6.70. The fraction of sp³-hybridized carbons (Fsp3) is 0.533. The molecule has 4 nitrogen and oxygen atoms in total. The largest absolute Gasteiger partial charge is 0.465 e. The molecule has 0 saturated carbocycles. The van der Waals surface area contributed by atoms with E-state index >= 15 is 0 Å². The number of benzene rings is 1. The lowest BCUT2D eigenvalue weighted by molar-refractivity contribution is 0.0601. The minimum absolute atomic E-state index is 0.250. The van der Waals surface area contributed by atoms with Crippen molar-refractivity contribution in [2.45, 2.75) is 12.8 Å². The van der Waals surface area contributed by atoms with Gasteiger partial charge in [0.05, 0.1) is 12.7 Å². The van der Waals surface area contributed by atoms with E-state index in [1.165, 1.54) is 19.2 Å². The zero-order valence-electron chi connectivity index (χ0n) is 12.0. The number of esters is 1. The summed E-state index contributed by atoms with van der Waals surface area (Å²) in [4.78, 5) is 14.0. The lowest BCUT2D eigenvalue weighted by Crippen LogP contribution is -2.33. The molecule has 2 rings (SSSR count). The van der Waals surface area contributed by atoms with E-state index in [-0.39, 0.29) is 5.56 Å². The van der Waals surface area contributed by atoms with Gasteiger partial charge in [0.2, 0.25) is 0 Å². The summed E-state index contributed by atoms with van der Waals surface area (Å²) in [7, 11) is 3.42. The molecule has 0 spiro atoms. The van der Waals surface area contributed by atoms with Crippen molar-refractivity contribution in [3.05, 3.63) is 29.6 Å². The number of hydrogen-bond acceptors (Lipinski definition) is 4. The minimum Gasteiger partial charge on any atom is -0.465 e. The standard InChI is InChI=1S/C15H21FN2O2/c1-18-7-5-11(6-8-18)10-17-14-4-3-12(16)9-13(14)15(19)20-2/h3-4,9,11,17H,5-8,10H2,1-2H3. The molecule has 0 unspecified atom stereocenters. The summed E-state index contributed by atoms with van der Waals surface area (Å²) in [5.74, 6) is -0.368. The molecule has 1 aliphatic rings. The summed E-state index contributed by atoms with van der Waals surface area (Å²) in [6.45, 7) is 2.99. The van der Waals surface area contributed by atoms with Gasteiger partial charge in [-0.25, -0.2) is 9.18 Å². The molecule has 110 valence electrons. The first-order chi connectivity index (χ1) is 9.60. The second-order valence-corrected chi connectivity index (χ2v) is 5.31. The number of methoxy groups -OCH3 is 1. The molecule has 0 radical (unpaired) electrons. The van der Waals surface area contributed by atoms with Crippen LogP contribution in [-0.2, 0) is 4.74 Å². The van der Waals surface area contributed by atoms with E-state index in [4.69, 9.17) is 0 Å². The molecule has 20 heavy (non-hydrogen) atoms.